The Morgan fingerprint density at radius 3 is 2.50 bits per heavy atom. The number of ether oxygens (including phenoxy) is 1. The fourth-order valence-electron chi connectivity index (χ4n) is 1.72. The maximum atomic E-state index is 12.1. The fraction of sp³-hybridized carbons (Fsp3) is 0.188. The Kier molecular flexibility index (Phi) is 5.43. The summed E-state index contributed by atoms with van der Waals surface area (Å²) in [4.78, 5) is 16.2. The molecule has 1 amide bonds. The molecule has 0 bridgehead atoms. The van der Waals surface area contributed by atoms with Crippen molar-refractivity contribution in [1.82, 2.24) is 10.3 Å². The third-order valence-electron chi connectivity index (χ3n) is 2.62. The zero-order valence-electron chi connectivity index (χ0n) is 12.4. The van der Waals surface area contributed by atoms with E-state index in [1.807, 2.05) is 19.9 Å². The van der Waals surface area contributed by atoms with Gasteiger partial charge in [0.05, 0.1) is 6.10 Å². The number of nitrogens with zero attached hydrogens (tertiary/aromatic N) is 1. The van der Waals surface area contributed by atoms with E-state index in [-0.39, 0.29) is 17.1 Å². The molecule has 2 N–H and O–H groups in total. The van der Waals surface area contributed by atoms with E-state index >= 15 is 0 Å². The summed E-state index contributed by atoms with van der Waals surface area (Å²) in [5.74, 6) is 1.01. The van der Waals surface area contributed by atoms with Crippen molar-refractivity contribution in [2.45, 2.75) is 20.0 Å². The summed E-state index contributed by atoms with van der Waals surface area (Å²) in [5, 5.41) is 5.65. The minimum atomic E-state index is -0.287. The summed E-state index contributed by atoms with van der Waals surface area (Å²) < 4.78 is 5.53. The van der Waals surface area contributed by atoms with E-state index < -0.39 is 0 Å². The zero-order valence-corrected chi connectivity index (χ0v) is 13.2. The normalized spacial score (nSPS) is 10.1. The average molecular weight is 315 g/mol. The van der Waals surface area contributed by atoms with Gasteiger partial charge in [-0.05, 0) is 62.5 Å². The molecular formula is C16H17N3O2S. The number of carbonyl (C=O) groups excluding carboxylic acids is 1. The number of hydrogen-bond acceptors (Lipinski definition) is 4. The van der Waals surface area contributed by atoms with Crippen LogP contribution in [0.2, 0.25) is 0 Å². The summed E-state index contributed by atoms with van der Waals surface area (Å²) in [7, 11) is 0. The van der Waals surface area contributed by atoms with Crippen LogP contribution in [-0.4, -0.2) is 22.1 Å². The molecule has 1 aromatic carbocycles. The molecule has 6 heteroatoms. The highest BCUT2D eigenvalue weighted by Gasteiger charge is 2.08. The van der Waals surface area contributed by atoms with Crippen molar-refractivity contribution in [1.29, 1.82) is 0 Å². The zero-order chi connectivity index (χ0) is 15.9. The number of hydrogen-bond donors (Lipinski definition) is 2. The lowest BCUT2D eigenvalue weighted by atomic mass is 10.2. The van der Waals surface area contributed by atoms with Crippen LogP contribution >= 0.6 is 12.2 Å². The van der Waals surface area contributed by atoms with E-state index in [9.17, 15) is 4.79 Å². The van der Waals surface area contributed by atoms with Crippen molar-refractivity contribution in [2.24, 2.45) is 0 Å². The fourth-order valence-corrected chi connectivity index (χ4v) is 1.91. The van der Waals surface area contributed by atoms with Crippen LogP contribution in [0.4, 0.5) is 5.82 Å². The Morgan fingerprint density at radius 2 is 1.91 bits per heavy atom. The molecule has 0 fully saturated rings. The third kappa shape index (κ3) is 4.82. The van der Waals surface area contributed by atoms with E-state index in [0.29, 0.717) is 11.4 Å². The summed E-state index contributed by atoms with van der Waals surface area (Å²) >= 11 is 5.09. The number of thiocarbonyl (C=S) groups is 1. The molecule has 22 heavy (non-hydrogen) atoms. The number of rotatable bonds is 4. The van der Waals surface area contributed by atoms with E-state index in [1.54, 1.807) is 42.6 Å². The van der Waals surface area contributed by atoms with Gasteiger partial charge in [-0.25, -0.2) is 4.98 Å². The average Bonchev–Trinajstić information content (AvgIpc) is 2.48. The van der Waals surface area contributed by atoms with Crippen LogP contribution in [0.3, 0.4) is 0 Å². The van der Waals surface area contributed by atoms with Gasteiger partial charge < -0.3 is 10.1 Å². The molecule has 1 heterocycles. The Balaban J connectivity index is 1.92. The highest BCUT2D eigenvalue weighted by Crippen LogP contribution is 2.13. The van der Waals surface area contributed by atoms with E-state index in [0.717, 1.165) is 5.75 Å². The Hall–Kier alpha value is -2.47. The Labute approximate surface area is 134 Å². The molecule has 1 aromatic heterocycles. The van der Waals surface area contributed by atoms with Gasteiger partial charge >= 0.3 is 0 Å². The molecule has 0 unspecified atom stereocenters. The molecule has 0 saturated heterocycles. The predicted octanol–water partition coefficient (Wildman–Crippen LogP) is 3.00. The second-order valence-corrected chi connectivity index (χ2v) is 5.22. The van der Waals surface area contributed by atoms with Gasteiger partial charge in [0.1, 0.15) is 11.6 Å². The van der Waals surface area contributed by atoms with Gasteiger partial charge in [0.15, 0.2) is 5.11 Å². The molecule has 0 aliphatic carbocycles. The molecule has 114 valence electrons. The van der Waals surface area contributed by atoms with Crippen LogP contribution in [-0.2, 0) is 0 Å². The first kappa shape index (κ1) is 15.9. The predicted molar refractivity (Wildman–Crippen MR) is 90.1 cm³/mol. The number of anilines is 1. The standard InChI is InChI=1S/C16H17N3O2S/c1-11(2)21-13-8-6-12(7-9-13)15(20)19-16(22)18-14-5-3-4-10-17-14/h3-11H,1-2H3,(H2,17,18,19,20,22). The first-order chi connectivity index (χ1) is 10.5. The van der Waals surface area contributed by atoms with Crippen molar-refractivity contribution < 1.29 is 9.53 Å². The lowest BCUT2D eigenvalue weighted by Gasteiger charge is -2.11. The van der Waals surface area contributed by atoms with Gasteiger partial charge in [0.25, 0.3) is 5.91 Å². The minimum absolute atomic E-state index is 0.0924. The molecule has 0 aliphatic rings. The minimum Gasteiger partial charge on any atom is -0.491 e. The first-order valence-corrected chi connectivity index (χ1v) is 7.25. The van der Waals surface area contributed by atoms with E-state index in [4.69, 9.17) is 17.0 Å². The highest BCUT2D eigenvalue weighted by molar-refractivity contribution is 7.80. The van der Waals surface area contributed by atoms with Gasteiger partial charge in [-0.3, -0.25) is 10.1 Å². The maximum Gasteiger partial charge on any atom is 0.257 e. The second-order valence-electron chi connectivity index (χ2n) is 4.81. The SMILES string of the molecule is CC(C)Oc1ccc(C(=O)NC(=S)Nc2ccccn2)cc1. The number of aromatic nitrogens is 1. The molecular weight excluding hydrogens is 298 g/mol. The number of carbonyl (C=O) groups is 1. The second kappa shape index (κ2) is 7.51. The summed E-state index contributed by atoms with van der Waals surface area (Å²) in [6.07, 6.45) is 1.73. The van der Waals surface area contributed by atoms with Crippen LogP contribution in [0.25, 0.3) is 0 Å². The lowest BCUT2D eigenvalue weighted by molar-refractivity contribution is 0.0977. The molecule has 0 spiro atoms. The number of nitrogens with one attached hydrogen (secondary N) is 2. The first-order valence-electron chi connectivity index (χ1n) is 6.84. The summed E-state index contributed by atoms with van der Waals surface area (Å²) in [5.41, 5.74) is 0.501. The number of pyridine rings is 1. The summed E-state index contributed by atoms with van der Waals surface area (Å²) in [6, 6.07) is 12.3. The van der Waals surface area contributed by atoms with Crippen molar-refractivity contribution in [2.75, 3.05) is 5.32 Å². The molecule has 0 radical (unpaired) electrons. The van der Waals surface area contributed by atoms with Crippen LogP contribution < -0.4 is 15.4 Å². The molecule has 5 nitrogen and oxygen atoms in total. The topological polar surface area (TPSA) is 63.2 Å². The Morgan fingerprint density at radius 1 is 1.18 bits per heavy atom. The highest BCUT2D eigenvalue weighted by atomic mass is 32.1. The van der Waals surface area contributed by atoms with Crippen molar-refractivity contribution in [3.63, 3.8) is 0 Å². The maximum absolute atomic E-state index is 12.1. The van der Waals surface area contributed by atoms with Gasteiger partial charge in [-0.2, -0.15) is 0 Å². The monoisotopic (exact) mass is 315 g/mol. The molecule has 2 aromatic rings. The smallest absolute Gasteiger partial charge is 0.257 e. The summed E-state index contributed by atoms with van der Waals surface area (Å²) in [6.45, 7) is 3.89. The quantitative estimate of drug-likeness (QED) is 0.849. The molecule has 0 saturated carbocycles. The van der Waals surface area contributed by atoms with Crippen LogP contribution in [0.5, 0.6) is 5.75 Å². The van der Waals surface area contributed by atoms with Gasteiger partial charge in [0, 0.05) is 11.8 Å². The third-order valence-corrected chi connectivity index (χ3v) is 2.83. The molecule has 0 aliphatic heterocycles. The van der Waals surface area contributed by atoms with Crippen molar-refractivity contribution in [3.05, 3.63) is 54.2 Å². The number of benzene rings is 1. The van der Waals surface area contributed by atoms with Crippen LogP contribution in [0.15, 0.2) is 48.7 Å². The van der Waals surface area contributed by atoms with E-state index in [2.05, 4.69) is 15.6 Å². The van der Waals surface area contributed by atoms with E-state index in [1.165, 1.54) is 0 Å². The molecule has 2 rings (SSSR count). The van der Waals surface area contributed by atoms with Gasteiger partial charge in [-0.1, -0.05) is 6.07 Å². The lowest BCUT2D eigenvalue weighted by Crippen LogP contribution is -2.34. The largest absolute Gasteiger partial charge is 0.491 e. The molecule has 0 atom stereocenters. The number of amides is 1. The van der Waals surface area contributed by atoms with Crippen molar-refractivity contribution >= 4 is 29.1 Å². The van der Waals surface area contributed by atoms with Gasteiger partial charge in [-0.15, -0.1) is 0 Å². The Bertz CT molecular complexity index is 642. The van der Waals surface area contributed by atoms with Crippen LogP contribution in [0.1, 0.15) is 24.2 Å². The van der Waals surface area contributed by atoms with Crippen LogP contribution in [0, 0.1) is 0 Å². The van der Waals surface area contributed by atoms with Gasteiger partial charge in [0.2, 0.25) is 0 Å². The van der Waals surface area contributed by atoms with Crippen molar-refractivity contribution in [3.8, 4) is 5.75 Å².